The molecule has 282 valence electrons. The molecule has 1 saturated heterocycles. The second-order valence-electron chi connectivity index (χ2n) is 12.9. The Labute approximate surface area is 318 Å². The van der Waals surface area contributed by atoms with Gasteiger partial charge in [-0.15, -0.1) is 0 Å². The van der Waals surface area contributed by atoms with Crippen LogP contribution in [0.5, 0.6) is 0 Å². The Morgan fingerprint density at radius 3 is 2.32 bits per heavy atom. The predicted molar refractivity (Wildman–Crippen MR) is 198 cm³/mol. The van der Waals surface area contributed by atoms with Gasteiger partial charge in [0.15, 0.2) is 5.76 Å². The number of ether oxygens (including phenoxy) is 1. The van der Waals surface area contributed by atoms with E-state index in [0.29, 0.717) is 33.8 Å². The highest BCUT2D eigenvalue weighted by Crippen LogP contribution is 2.32. The molecule has 0 radical (unpaired) electrons. The van der Waals surface area contributed by atoms with Gasteiger partial charge in [-0.05, 0) is 83.8 Å². The van der Waals surface area contributed by atoms with Crippen LogP contribution in [0.25, 0.3) is 33.8 Å². The molecule has 1 atom stereocenters. The molecule has 5 aromatic rings. The van der Waals surface area contributed by atoms with Crippen molar-refractivity contribution in [1.82, 2.24) is 25.8 Å². The van der Waals surface area contributed by atoms with Crippen molar-refractivity contribution in [3.8, 4) is 33.8 Å². The molecule has 4 heterocycles. The van der Waals surface area contributed by atoms with Gasteiger partial charge in [0.05, 0.1) is 34.6 Å². The number of imide groups is 2. The number of carbonyl (C=O) groups excluding carboxylic acids is 6. The lowest BCUT2D eigenvalue weighted by Crippen LogP contribution is -2.54. The van der Waals surface area contributed by atoms with Crippen molar-refractivity contribution in [1.29, 1.82) is 0 Å². The first-order chi connectivity index (χ1) is 27.0. The van der Waals surface area contributed by atoms with E-state index in [4.69, 9.17) is 14.1 Å². The molecule has 7 rings (SSSR count). The van der Waals surface area contributed by atoms with Crippen LogP contribution < -0.4 is 16.0 Å². The molecular formula is C40H32N6O10. The van der Waals surface area contributed by atoms with Crippen LogP contribution in [-0.4, -0.2) is 76.1 Å². The second kappa shape index (κ2) is 16.0. The number of nitro benzene ring substituents is 1. The van der Waals surface area contributed by atoms with E-state index in [1.807, 2.05) is 12.1 Å². The molecule has 16 nitrogen and oxygen atoms in total. The molecule has 0 spiro atoms. The molecule has 0 saturated carbocycles. The Kier molecular flexibility index (Phi) is 10.5. The molecule has 0 bridgehead atoms. The van der Waals surface area contributed by atoms with E-state index in [9.17, 15) is 38.9 Å². The molecule has 3 N–H and O–H groups in total. The number of nitrogens with zero attached hydrogens (tertiary/aromatic N) is 3. The lowest BCUT2D eigenvalue weighted by atomic mass is 10.00. The number of nitrogens with one attached hydrogen (secondary N) is 3. The van der Waals surface area contributed by atoms with Gasteiger partial charge in [0.2, 0.25) is 17.7 Å². The van der Waals surface area contributed by atoms with Crippen LogP contribution in [0.1, 0.15) is 49.5 Å². The Balaban J connectivity index is 0.884. The number of carbonyl (C=O) groups is 6. The van der Waals surface area contributed by atoms with Gasteiger partial charge in [0, 0.05) is 42.8 Å². The quantitative estimate of drug-likeness (QED) is 0.0673. The summed E-state index contributed by atoms with van der Waals surface area (Å²) in [4.78, 5) is 91.3. The number of amides is 6. The molecule has 1 fully saturated rings. The van der Waals surface area contributed by atoms with E-state index in [0.717, 1.165) is 16.0 Å². The Bertz CT molecular complexity index is 2380. The summed E-state index contributed by atoms with van der Waals surface area (Å²) < 4.78 is 11.0. The molecule has 56 heavy (non-hydrogen) atoms. The number of pyridine rings is 1. The summed E-state index contributed by atoms with van der Waals surface area (Å²) in [5.41, 5.74) is 4.57. The summed E-state index contributed by atoms with van der Waals surface area (Å²) in [7, 11) is 0. The normalized spacial score (nSPS) is 15.0. The van der Waals surface area contributed by atoms with Crippen molar-refractivity contribution in [2.24, 2.45) is 0 Å². The maximum atomic E-state index is 13.0. The molecular weight excluding hydrogens is 724 g/mol. The maximum absolute atomic E-state index is 13.0. The number of hydrogen-bond donors (Lipinski definition) is 3. The first-order valence-corrected chi connectivity index (χ1v) is 17.4. The van der Waals surface area contributed by atoms with Crippen molar-refractivity contribution < 1.29 is 42.8 Å². The van der Waals surface area contributed by atoms with Crippen molar-refractivity contribution in [2.75, 3.05) is 19.8 Å². The zero-order chi connectivity index (χ0) is 39.3. The number of aromatic nitrogens is 1. The number of piperidine rings is 1. The van der Waals surface area contributed by atoms with Crippen LogP contribution in [0.2, 0.25) is 0 Å². The lowest BCUT2D eigenvalue weighted by Gasteiger charge is -2.27. The van der Waals surface area contributed by atoms with Crippen molar-refractivity contribution in [2.45, 2.75) is 25.4 Å². The molecule has 3 aromatic carbocycles. The highest BCUT2D eigenvalue weighted by Gasteiger charge is 2.44. The number of furan rings is 1. The third-order valence-electron chi connectivity index (χ3n) is 9.21. The largest absolute Gasteiger partial charge is 0.463 e. The van der Waals surface area contributed by atoms with Gasteiger partial charge < -0.3 is 19.8 Å². The van der Waals surface area contributed by atoms with Gasteiger partial charge in [-0.3, -0.25) is 49.1 Å². The number of hydrogen-bond acceptors (Lipinski definition) is 11. The van der Waals surface area contributed by atoms with E-state index in [1.165, 1.54) is 30.5 Å². The summed E-state index contributed by atoms with van der Waals surface area (Å²) in [6, 6.07) is 23.7. The first kappa shape index (κ1) is 37.0. The van der Waals surface area contributed by atoms with Crippen LogP contribution in [0.15, 0.2) is 102 Å². The zero-order valence-electron chi connectivity index (χ0n) is 29.5. The fourth-order valence-corrected chi connectivity index (χ4v) is 6.35. The van der Waals surface area contributed by atoms with E-state index in [1.54, 1.807) is 54.6 Å². The summed E-state index contributed by atoms with van der Waals surface area (Å²) in [5, 5.41) is 18.7. The second-order valence-corrected chi connectivity index (χ2v) is 12.9. The maximum Gasteiger partial charge on any atom is 0.269 e. The number of rotatable bonds is 13. The van der Waals surface area contributed by atoms with Crippen molar-refractivity contribution in [3.05, 3.63) is 130 Å². The van der Waals surface area contributed by atoms with Crippen LogP contribution in [0.3, 0.4) is 0 Å². The van der Waals surface area contributed by atoms with Crippen LogP contribution in [0.4, 0.5) is 5.69 Å². The van der Waals surface area contributed by atoms with E-state index in [2.05, 4.69) is 16.0 Å². The zero-order valence-corrected chi connectivity index (χ0v) is 29.5. The molecule has 2 aliphatic rings. The van der Waals surface area contributed by atoms with Crippen LogP contribution in [0, 0.1) is 10.1 Å². The SMILES string of the molecule is O=C(COCCNC(=O)c1ccc(-c2cc(-c3ccc([N+](=O)[O-])cc3)nc(-c3ccco3)c2)cc1)NCc1ccc2c(c1)C(=O)N(C1CCC(=O)NC1=O)C2=O. The minimum atomic E-state index is -1.07. The van der Waals surface area contributed by atoms with Crippen LogP contribution in [-0.2, 0) is 25.7 Å². The molecule has 6 amide bonds. The van der Waals surface area contributed by atoms with Crippen molar-refractivity contribution in [3.63, 3.8) is 0 Å². The highest BCUT2D eigenvalue weighted by atomic mass is 16.6. The van der Waals surface area contributed by atoms with Gasteiger partial charge >= 0.3 is 0 Å². The summed E-state index contributed by atoms with van der Waals surface area (Å²) in [6.07, 6.45) is 1.61. The Hall–Kier alpha value is -7.33. The first-order valence-electron chi connectivity index (χ1n) is 17.4. The number of fused-ring (bicyclic) bond motifs is 1. The van der Waals surface area contributed by atoms with E-state index in [-0.39, 0.29) is 61.9 Å². The molecule has 2 aromatic heterocycles. The van der Waals surface area contributed by atoms with Gasteiger partial charge in [0.1, 0.15) is 18.3 Å². The summed E-state index contributed by atoms with van der Waals surface area (Å²) in [6.45, 7) is -0.0526. The minimum Gasteiger partial charge on any atom is -0.463 e. The number of non-ortho nitro benzene ring substituents is 1. The highest BCUT2D eigenvalue weighted by molar-refractivity contribution is 6.23. The van der Waals surface area contributed by atoms with E-state index < -0.39 is 40.5 Å². The van der Waals surface area contributed by atoms with E-state index >= 15 is 0 Å². The summed E-state index contributed by atoms with van der Waals surface area (Å²) >= 11 is 0. The Morgan fingerprint density at radius 2 is 1.61 bits per heavy atom. The summed E-state index contributed by atoms with van der Waals surface area (Å²) in [5.74, 6) is -2.65. The van der Waals surface area contributed by atoms with Crippen molar-refractivity contribution >= 4 is 41.1 Å². The Morgan fingerprint density at radius 1 is 0.875 bits per heavy atom. The third-order valence-corrected chi connectivity index (χ3v) is 9.21. The van der Waals surface area contributed by atoms with Gasteiger partial charge in [-0.2, -0.15) is 0 Å². The molecule has 0 aliphatic carbocycles. The third kappa shape index (κ3) is 7.95. The fourth-order valence-electron chi connectivity index (χ4n) is 6.35. The topological polar surface area (TPSA) is 220 Å². The smallest absolute Gasteiger partial charge is 0.269 e. The predicted octanol–water partition coefficient (Wildman–Crippen LogP) is 4.05. The lowest BCUT2D eigenvalue weighted by molar-refractivity contribution is -0.384. The number of benzene rings is 3. The minimum absolute atomic E-state index is 0.0183. The monoisotopic (exact) mass is 756 g/mol. The van der Waals surface area contributed by atoms with Gasteiger partial charge in [-0.1, -0.05) is 18.2 Å². The van der Waals surface area contributed by atoms with Gasteiger partial charge in [-0.25, -0.2) is 4.98 Å². The number of nitro groups is 1. The average Bonchev–Trinajstić information content (AvgIpc) is 3.83. The molecule has 1 unspecified atom stereocenters. The molecule has 2 aliphatic heterocycles. The molecule has 16 heteroatoms. The standard InChI is InChI=1S/C40H32N6O10/c47-35-14-13-33(38(50)44-35)45-39(51)29-12-3-23(18-30(29)40(45)52)21-42-36(48)22-55-17-15-41-37(49)26-6-4-24(5-7-26)27-19-31(25-8-10-28(11-9-25)46(53)54)43-32(20-27)34-2-1-16-56-34/h1-12,16,18-20,33H,13-15,17,21-22H2,(H,41,49)(H,42,48)(H,44,47,50). The average molecular weight is 757 g/mol. The fraction of sp³-hybridized carbons (Fsp3) is 0.175. The van der Waals surface area contributed by atoms with Crippen LogP contribution >= 0.6 is 0 Å². The van der Waals surface area contributed by atoms with Gasteiger partial charge in [0.25, 0.3) is 23.4 Å².